The Morgan fingerprint density at radius 3 is 2.07 bits per heavy atom. The van der Waals surface area contributed by atoms with Crippen LogP contribution in [0, 0.1) is 0 Å². The van der Waals surface area contributed by atoms with Crippen LogP contribution in [0.5, 0.6) is 5.88 Å². The summed E-state index contributed by atoms with van der Waals surface area (Å²) in [4.78, 5) is 53.4. The summed E-state index contributed by atoms with van der Waals surface area (Å²) in [6.07, 6.45) is 7.85. The van der Waals surface area contributed by atoms with Crippen molar-refractivity contribution in [2.75, 3.05) is 33.0 Å². The SMILES string of the molecule is C=C(C)OC=NCCCCCCOC(=O)Cn1c(O)cc(=O)n(CC(=O)OCCCCCCNCOC(=C)C)c1=O. The highest BCUT2D eigenvalue weighted by Gasteiger charge is 2.17. The second-order valence-corrected chi connectivity index (χ2v) is 9.39. The molecule has 2 N–H and O–H groups in total. The minimum Gasteiger partial charge on any atom is -0.494 e. The van der Waals surface area contributed by atoms with Crippen LogP contribution in [-0.4, -0.2) is 65.6 Å². The Labute approximate surface area is 240 Å². The predicted molar refractivity (Wildman–Crippen MR) is 154 cm³/mol. The molecule has 0 atom stereocenters. The molecule has 0 saturated carbocycles. The molecule has 0 radical (unpaired) electrons. The molecule has 0 unspecified atom stereocenters. The molecule has 230 valence electrons. The molecule has 13 heteroatoms. The van der Waals surface area contributed by atoms with Crippen molar-refractivity contribution in [2.45, 2.75) is 78.3 Å². The summed E-state index contributed by atoms with van der Waals surface area (Å²) in [5.41, 5.74) is -1.89. The molecule has 0 spiro atoms. The molecule has 0 saturated heterocycles. The zero-order valence-electron chi connectivity index (χ0n) is 24.2. The van der Waals surface area contributed by atoms with Crippen molar-refractivity contribution in [3.8, 4) is 5.88 Å². The fourth-order valence-corrected chi connectivity index (χ4v) is 3.41. The standard InChI is InChI=1S/C28H44N4O9/c1-22(2)40-20-29-13-9-5-7-11-15-38-26(35)18-31-24(33)17-25(34)32(28(31)37)19-27(36)39-16-12-8-6-10-14-30-21-41-23(3)4/h17,20,30,33H,1,3,5-16,18-19,21H2,2,4H3. The van der Waals surface area contributed by atoms with Crippen LogP contribution in [-0.2, 0) is 41.6 Å². The van der Waals surface area contributed by atoms with E-state index in [0.29, 0.717) is 46.8 Å². The van der Waals surface area contributed by atoms with Gasteiger partial charge in [-0.2, -0.15) is 0 Å². The van der Waals surface area contributed by atoms with E-state index < -0.39 is 42.2 Å². The Morgan fingerprint density at radius 2 is 1.46 bits per heavy atom. The number of carbonyl (C=O) groups is 2. The second-order valence-electron chi connectivity index (χ2n) is 9.39. The Bertz CT molecular complexity index is 1120. The summed E-state index contributed by atoms with van der Waals surface area (Å²) < 4.78 is 21.8. The summed E-state index contributed by atoms with van der Waals surface area (Å²) in [5, 5.41) is 13.2. The van der Waals surface area contributed by atoms with Crippen LogP contribution < -0.4 is 16.6 Å². The van der Waals surface area contributed by atoms with E-state index in [4.69, 9.17) is 18.9 Å². The zero-order valence-corrected chi connectivity index (χ0v) is 24.2. The number of aliphatic imine (C=N–C) groups is 1. The Hall–Kier alpha value is -3.87. The third-order valence-electron chi connectivity index (χ3n) is 5.54. The lowest BCUT2D eigenvalue weighted by molar-refractivity contribution is -0.145. The lowest BCUT2D eigenvalue weighted by Gasteiger charge is -2.12. The van der Waals surface area contributed by atoms with Crippen LogP contribution in [0.25, 0.3) is 0 Å². The molecule has 0 aliphatic carbocycles. The molecule has 0 bridgehead atoms. The van der Waals surface area contributed by atoms with Gasteiger partial charge in [0.05, 0.1) is 30.8 Å². The largest absolute Gasteiger partial charge is 0.494 e. The van der Waals surface area contributed by atoms with E-state index in [9.17, 15) is 24.3 Å². The fraction of sp³-hybridized carbons (Fsp3) is 0.607. The summed E-state index contributed by atoms with van der Waals surface area (Å²) in [6.45, 7) is 11.6. The van der Waals surface area contributed by atoms with Crippen molar-refractivity contribution >= 4 is 18.3 Å². The number of hydrogen-bond donors (Lipinski definition) is 2. The molecule has 1 aromatic heterocycles. The van der Waals surface area contributed by atoms with Crippen molar-refractivity contribution in [3.05, 3.63) is 51.6 Å². The highest BCUT2D eigenvalue weighted by Crippen LogP contribution is 2.05. The summed E-state index contributed by atoms with van der Waals surface area (Å²) in [7, 11) is 0. The van der Waals surface area contributed by atoms with Crippen LogP contribution >= 0.6 is 0 Å². The van der Waals surface area contributed by atoms with Gasteiger partial charge in [0.25, 0.3) is 5.56 Å². The minimum atomic E-state index is -1.01. The first-order chi connectivity index (χ1) is 19.6. The van der Waals surface area contributed by atoms with Gasteiger partial charge in [-0.15, -0.1) is 0 Å². The molecule has 0 aliphatic heterocycles. The normalized spacial score (nSPS) is 10.9. The maximum Gasteiger partial charge on any atom is 0.334 e. The molecule has 0 aliphatic rings. The second kappa shape index (κ2) is 21.0. The summed E-state index contributed by atoms with van der Waals surface area (Å²) >= 11 is 0. The lowest BCUT2D eigenvalue weighted by Crippen LogP contribution is -2.42. The van der Waals surface area contributed by atoms with Gasteiger partial charge in [-0.1, -0.05) is 32.4 Å². The van der Waals surface area contributed by atoms with Crippen molar-refractivity contribution in [1.29, 1.82) is 0 Å². The minimum absolute atomic E-state index is 0.141. The lowest BCUT2D eigenvalue weighted by atomic mass is 10.2. The van der Waals surface area contributed by atoms with E-state index in [-0.39, 0.29) is 13.2 Å². The van der Waals surface area contributed by atoms with Gasteiger partial charge < -0.3 is 24.1 Å². The third-order valence-corrected chi connectivity index (χ3v) is 5.54. The smallest absolute Gasteiger partial charge is 0.334 e. The number of esters is 2. The van der Waals surface area contributed by atoms with Crippen molar-refractivity contribution in [2.24, 2.45) is 4.99 Å². The number of aromatic hydroxyl groups is 1. The number of rotatable bonds is 23. The number of hydrogen-bond acceptors (Lipinski definition) is 11. The van der Waals surface area contributed by atoms with Crippen LogP contribution in [0.4, 0.5) is 0 Å². The van der Waals surface area contributed by atoms with Gasteiger partial charge in [0.2, 0.25) is 5.88 Å². The summed E-state index contributed by atoms with van der Waals surface area (Å²) in [5.74, 6) is -1.00. The number of allylic oxidation sites excluding steroid dienone is 2. The van der Waals surface area contributed by atoms with Crippen LogP contribution in [0.3, 0.4) is 0 Å². The van der Waals surface area contributed by atoms with Crippen molar-refractivity contribution < 1.29 is 33.6 Å². The first kappa shape index (κ1) is 35.2. The molecule has 1 rings (SSSR count). The fourth-order valence-electron chi connectivity index (χ4n) is 3.41. The molecule has 1 aromatic rings. The maximum atomic E-state index is 12.7. The first-order valence-corrected chi connectivity index (χ1v) is 13.8. The van der Waals surface area contributed by atoms with E-state index in [1.54, 1.807) is 13.8 Å². The maximum absolute atomic E-state index is 12.7. The van der Waals surface area contributed by atoms with Crippen LogP contribution in [0.15, 0.2) is 45.3 Å². The van der Waals surface area contributed by atoms with Gasteiger partial charge in [-0.25, -0.2) is 9.36 Å². The number of ether oxygens (including phenoxy) is 4. The van der Waals surface area contributed by atoms with Gasteiger partial charge >= 0.3 is 17.6 Å². The van der Waals surface area contributed by atoms with E-state index >= 15 is 0 Å². The third kappa shape index (κ3) is 16.7. The molecule has 0 fully saturated rings. The van der Waals surface area contributed by atoms with Crippen molar-refractivity contribution in [3.63, 3.8) is 0 Å². The quantitative estimate of drug-likeness (QED) is 0.0492. The van der Waals surface area contributed by atoms with Gasteiger partial charge in [-0.05, 0) is 52.5 Å². The molecule has 1 heterocycles. The molecule has 0 amide bonds. The topological polar surface area (TPSA) is 160 Å². The molecule has 0 aromatic carbocycles. The Kier molecular flexibility index (Phi) is 18.0. The van der Waals surface area contributed by atoms with E-state index in [1.807, 2.05) is 0 Å². The zero-order chi connectivity index (χ0) is 30.5. The number of nitrogens with zero attached hydrogens (tertiary/aromatic N) is 3. The van der Waals surface area contributed by atoms with Gasteiger partial charge in [0.1, 0.15) is 19.8 Å². The van der Waals surface area contributed by atoms with E-state index in [1.165, 1.54) is 6.40 Å². The molecular weight excluding hydrogens is 536 g/mol. The average molecular weight is 581 g/mol. The van der Waals surface area contributed by atoms with Gasteiger partial charge in [0, 0.05) is 6.54 Å². The van der Waals surface area contributed by atoms with Gasteiger partial charge in [-0.3, -0.25) is 29.3 Å². The Morgan fingerprint density at radius 1 is 0.878 bits per heavy atom. The highest BCUT2D eigenvalue weighted by molar-refractivity contribution is 5.70. The molecular formula is C28H44N4O9. The summed E-state index contributed by atoms with van der Waals surface area (Å²) in [6, 6.07) is 0.765. The highest BCUT2D eigenvalue weighted by atomic mass is 16.5. The van der Waals surface area contributed by atoms with Crippen LogP contribution in [0.1, 0.15) is 65.2 Å². The number of aromatic nitrogens is 2. The van der Waals surface area contributed by atoms with Crippen molar-refractivity contribution in [1.82, 2.24) is 14.5 Å². The average Bonchev–Trinajstić information content (AvgIpc) is 2.90. The monoisotopic (exact) mass is 580 g/mol. The number of unbranched alkanes of at least 4 members (excludes halogenated alkanes) is 6. The Balaban J connectivity index is 2.36. The first-order valence-electron chi connectivity index (χ1n) is 13.8. The molecule has 41 heavy (non-hydrogen) atoms. The number of nitrogens with one attached hydrogen (secondary N) is 1. The predicted octanol–water partition coefficient (Wildman–Crippen LogP) is 2.60. The van der Waals surface area contributed by atoms with Crippen LogP contribution in [0.2, 0.25) is 0 Å². The van der Waals surface area contributed by atoms with Gasteiger partial charge in [0.15, 0.2) is 6.40 Å². The van der Waals surface area contributed by atoms with E-state index in [2.05, 4.69) is 23.5 Å². The molecule has 13 nitrogen and oxygen atoms in total. The van der Waals surface area contributed by atoms with E-state index in [0.717, 1.165) is 51.1 Å². The number of carbonyl (C=O) groups excluding carboxylic acids is 2.